The Hall–Kier alpha value is -2.44. The van der Waals surface area contributed by atoms with Crippen LogP contribution >= 0.6 is 0 Å². The third-order valence-corrected chi connectivity index (χ3v) is 2.69. The number of benzene rings is 1. The molecule has 5 nitrogen and oxygen atoms in total. The summed E-state index contributed by atoms with van der Waals surface area (Å²) >= 11 is 0. The number of nitrogens with zero attached hydrogens (tertiary/aromatic N) is 2. The molecule has 0 spiro atoms. The van der Waals surface area contributed by atoms with E-state index >= 15 is 0 Å². The Morgan fingerprint density at radius 1 is 1.24 bits per heavy atom. The van der Waals surface area contributed by atoms with Crippen molar-refractivity contribution in [1.29, 1.82) is 0 Å². The van der Waals surface area contributed by atoms with Crippen LogP contribution in [0.1, 0.15) is 13.3 Å². The maximum atomic E-state index is 13.7. The number of nitrogens with one attached hydrogen (secondary N) is 2. The zero-order valence-electron chi connectivity index (χ0n) is 11.8. The van der Waals surface area contributed by atoms with E-state index in [2.05, 4.69) is 20.6 Å². The average molecular weight is 294 g/mol. The van der Waals surface area contributed by atoms with Gasteiger partial charge in [-0.2, -0.15) is 4.98 Å². The van der Waals surface area contributed by atoms with Gasteiger partial charge in [0.15, 0.2) is 23.2 Å². The summed E-state index contributed by atoms with van der Waals surface area (Å²) in [6.45, 7) is 2.69. The number of hydrogen-bond acceptors (Lipinski definition) is 5. The van der Waals surface area contributed by atoms with Crippen molar-refractivity contribution in [2.24, 2.45) is 0 Å². The zero-order valence-corrected chi connectivity index (χ0v) is 11.8. The predicted octanol–water partition coefficient (Wildman–Crippen LogP) is 3.33. The van der Waals surface area contributed by atoms with E-state index in [1.165, 1.54) is 25.3 Å². The summed E-state index contributed by atoms with van der Waals surface area (Å²) in [4.78, 5) is 7.88. The molecule has 0 aliphatic rings. The first-order valence-corrected chi connectivity index (χ1v) is 6.51. The smallest absolute Gasteiger partial charge is 0.224 e. The Labute approximate surface area is 121 Å². The third-order valence-electron chi connectivity index (χ3n) is 2.69. The Bertz CT molecular complexity index is 622. The minimum absolute atomic E-state index is 0.0114. The van der Waals surface area contributed by atoms with E-state index in [-0.39, 0.29) is 11.6 Å². The Morgan fingerprint density at radius 2 is 2.05 bits per heavy atom. The molecule has 0 fully saturated rings. The molecular formula is C14H16F2N4O. The number of halogens is 2. The van der Waals surface area contributed by atoms with E-state index in [1.54, 1.807) is 0 Å². The summed E-state index contributed by atoms with van der Waals surface area (Å²) in [6, 6.07) is 4.13. The second-order valence-electron chi connectivity index (χ2n) is 4.29. The molecular weight excluding hydrogens is 278 g/mol. The minimum Gasteiger partial charge on any atom is -0.494 e. The molecule has 1 heterocycles. The molecule has 1 aromatic heterocycles. The fourth-order valence-electron chi connectivity index (χ4n) is 1.65. The summed E-state index contributed by atoms with van der Waals surface area (Å²) in [5, 5.41) is 5.74. The first kappa shape index (κ1) is 15.0. The summed E-state index contributed by atoms with van der Waals surface area (Å²) in [6.07, 6.45) is 1.98. The second-order valence-corrected chi connectivity index (χ2v) is 4.29. The number of rotatable bonds is 6. The largest absolute Gasteiger partial charge is 0.494 e. The van der Waals surface area contributed by atoms with Crippen LogP contribution in [0.4, 0.5) is 26.2 Å². The Balaban J connectivity index is 2.22. The molecule has 112 valence electrons. The molecule has 0 amide bonds. The molecule has 0 unspecified atom stereocenters. The highest BCUT2D eigenvalue weighted by Gasteiger charge is 2.09. The highest BCUT2D eigenvalue weighted by Crippen LogP contribution is 2.24. The first-order chi connectivity index (χ1) is 10.1. The summed E-state index contributed by atoms with van der Waals surface area (Å²) < 4.78 is 31.9. The molecule has 0 atom stereocenters. The van der Waals surface area contributed by atoms with Crippen molar-refractivity contribution in [3.8, 4) is 5.75 Å². The molecule has 2 aromatic rings. The topological polar surface area (TPSA) is 59.1 Å². The van der Waals surface area contributed by atoms with E-state index < -0.39 is 11.6 Å². The Morgan fingerprint density at radius 3 is 2.76 bits per heavy atom. The second kappa shape index (κ2) is 6.83. The third kappa shape index (κ3) is 3.77. The Kier molecular flexibility index (Phi) is 4.86. The molecule has 0 radical (unpaired) electrons. The van der Waals surface area contributed by atoms with Gasteiger partial charge >= 0.3 is 0 Å². The van der Waals surface area contributed by atoms with Gasteiger partial charge in [-0.1, -0.05) is 6.92 Å². The van der Waals surface area contributed by atoms with E-state index in [4.69, 9.17) is 4.74 Å². The molecule has 1 aromatic carbocycles. The molecule has 0 aliphatic carbocycles. The van der Waals surface area contributed by atoms with Crippen LogP contribution in [0.5, 0.6) is 5.75 Å². The maximum absolute atomic E-state index is 13.7. The minimum atomic E-state index is -0.597. The number of methoxy groups -OCH3 is 1. The summed E-state index contributed by atoms with van der Waals surface area (Å²) in [5.41, 5.74) is 0.465. The molecule has 0 bridgehead atoms. The summed E-state index contributed by atoms with van der Waals surface area (Å²) in [5.74, 6) is -0.678. The zero-order chi connectivity index (χ0) is 15.2. The molecule has 7 heteroatoms. The van der Waals surface area contributed by atoms with E-state index in [0.717, 1.165) is 12.6 Å². The van der Waals surface area contributed by atoms with Crippen molar-refractivity contribution >= 4 is 17.5 Å². The van der Waals surface area contributed by atoms with Gasteiger partial charge in [0.05, 0.1) is 13.3 Å². The normalized spacial score (nSPS) is 10.3. The van der Waals surface area contributed by atoms with Crippen LogP contribution < -0.4 is 15.4 Å². The van der Waals surface area contributed by atoms with Crippen LogP contribution in [-0.4, -0.2) is 23.6 Å². The van der Waals surface area contributed by atoms with Gasteiger partial charge in [-0.3, -0.25) is 0 Å². The van der Waals surface area contributed by atoms with Gasteiger partial charge in [0.1, 0.15) is 0 Å². The fourth-order valence-corrected chi connectivity index (χ4v) is 1.65. The number of ether oxygens (including phenoxy) is 1. The SMILES string of the molecule is CCCNc1ncc(F)c(Nc2ccc(F)c(OC)c2)n1. The van der Waals surface area contributed by atoms with E-state index in [9.17, 15) is 8.78 Å². The van der Waals surface area contributed by atoms with Crippen molar-refractivity contribution in [3.63, 3.8) is 0 Å². The molecule has 0 saturated carbocycles. The van der Waals surface area contributed by atoms with Gasteiger partial charge in [0.25, 0.3) is 0 Å². The molecule has 2 N–H and O–H groups in total. The van der Waals surface area contributed by atoms with Gasteiger partial charge in [-0.05, 0) is 18.6 Å². The van der Waals surface area contributed by atoms with Crippen molar-refractivity contribution in [2.45, 2.75) is 13.3 Å². The monoisotopic (exact) mass is 294 g/mol. The van der Waals surface area contributed by atoms with Gasteiger partial charge < -0.3 is 15.4 Å². The average Bonchev–Trinajstić information content (AvgIpc) is 2.50. The standard InChI is InChI=1S/C14H16F2N4O/c1-3-6-17-14-18-8-11(16)13(20-14)19-9-4-5-10(15)12(7-9)21-2/h4-5,7-8H,3,6H2,1-2H3,(H2,17,18,19,20). The molecule has 2 rings (SSSR count). The van der Waals surface area contributed by atoms with Crippen LogP contribution in [0.25, 0.3) is 0 Å². The van der Waals surface area contributed by atoms with E-state index in [0.29, 0.717) is 18.2 Å². The number of anilines is 3. The molecule has 0 aliphatic heterocycles. The highest BCUT2D eigenvalue weighted by molar-refractivity contribution is 5.59. The highest BCUT2D eigenvalue weighted by atomic mass is 19.1. The fraction of sp³-hybridized carbons (Fsp3) is 0.286. The van der Waals surface area contributed by atoms with Crippen molar-refractivity contribution < 1.29 is 13.5 Å². The molecule has 0 saturated heterocycles. The predicted molar refractivity (Wildman–Crippen MR) is 77.0 cm³/mol. The van der Waals surface area contributed by atoms with Gasteiger partial charge in [0, 0.05) is 18.3 Å². The molecule has 21 heavy (non-hydrogen) atoms. The van der Waals surface area contributed by atoms with E-state index in [1.807, 2.05) is 6.92 Å². The van der Waals surface area contributed by atoms with Crippen LogP contribution in [0.2, 0.25) is 0 Å². The van der Waals surface area contributed by atoms with Crippen molar-refractivity contribution in [1.82, 2.24) is 9.97 Å². The van der Waals surface area contributed by atoms with Crippen molar-refractivity contribution in [3.05, 3.63) is 36.0 Å². The van der Waals surface area contributed by atoms with Crippen molar-refractivity contribution in [2.75, 3.05) is 24.3 Å². The van der Waals surface area contributed by atoms with Gasteiger partial charge in [-0.15, -0.1) is 0 Å². The van der Waals surface area contributed by atoms with Gasteiger partial charge in [-0.25, -0.2) is 13.8 Å². The summed E-state index contributed by atoms with van der Waals surface area (Å²) in [7, 11) is 1.36. The van der Waals surface area contributed by atoms with Crippen LogP contribution in [-0.2, 0) is 0 Å². The van der Waals surface area contributed by atoms with Crippen LogP contribution in [0.15, 0.2) is 24.4 Å². The lowest BCUT2D eigenvalue weighted by Gasteiger charge is -2.10. The number of hydrogen-bond donors (Lipinski definition) is 2. The lowest BCUT2D eigenvalue weighted by atomic mass is 10.3. The first-order valence-electron chi connectivity index (χ1n) is 6.51. The maximum Gasteiger partial charge on any atom is 0.224 e. The quantitative estimate of drug-likeness (QED) is 0.855. The lowest BCUT2D eigenvalue weighted by Crippen LogP contribution is -2.07. The van der Waals surface area contributed by atoms with Gasteiger partial charge in [0.2, 0.25) is 5.95 Å². The van der Waals surface area contributed by atoms with Crippen LogP contribution in [0, 0.1) is 11.6 Å². The number of aromatic nitrogens is 2. The lowest BCUT2D eigenvalue weighted by molar-refractivity contribution is 0.387. The van der Waals surface area contributed by atoms with Crippen LogP contribution in [0.3, 0.4) is 0 Å².